The lowest BCUT2D eigenvalue weighted by atomic mass is 9.91. The van der Waals surface area contributed by atoms with Gasteiger partial charge in [0.05, 0.1) is 47.7 Å². The van der Waals surface area contributed by atoms with Crippen LogP contribution in [0, 0.1) is 24.1 Å². The van der Waals surface area contributed by atoms with Crippen molar-refractivity contribution in [3.05, 3.63) is 39.8 Å². The standard InChI is InChI=1S/C29H35F4N7O2/c1-17-12-20(35)25(30)23(24(17)29(31,32)33)22-13-21-19(15-41-22)26(39-11-8-36-18(14-39)4-7-34)38-27(37-21)42-16-28-5-2-9-40(28)10-3-6-28/h12,18,22,36H,2-6,8-11,13-16,35H2,1H3/t18-,22?/m0/s1. The third kappa shape index (κ3) is 5.24. The first kappa shape index (κ1) is 28.9. The number of hydrogen-bond donors (Lipinski definition) is 2. The molecule has 0 bridgehead atoms. The molecule has 1 aromatic carbocycles. The van der Waals surface area contributed by atoms with Crippen LogP contribution in [0.4, 0.5) is 29.1 Å². The summed E-state index contributed by atoms with van der Waals surface area (Å²) in [5, 5.41) is 12.6. The van der Waals surface area contributed by atoms with Gasteiger partial charge in [-0.3, -0.25) is 4.90 Å². The van der Waals surface area contributed by atoms with Crippen molar-refractivity contribution < 1.29 is 27.0 Å². The smallest absolute Gasteiger partial charge is 0.417 e. The summed E-state index contributed by atoms with van der Waals surface area (Å²) in [4.78, 5) is 14.0. The normalized spacial score (nSPS) is 23.9. The fourth-order valence-corrected chi connectivity index (χ4v) is 7.19. The van der Waals surface area contributed by atoms with Crippen molar-refractivity contribution in [3.63, 3.8) is 0 Å². The van der Waals surface area contributed by atoms with E-state index in [1.807, 2.05) is 4.90 Å². The number of halogens is 4. The van der Waals surface area contributed by atoms with Crippen LogP contribution in [0.2, 0.25) is 0 Å². The summed E-state index contributed by atoms with van der Waals surface area (Å²) in [6.45, 7) is 5.40. The summed E-state index contributed by atoms with van der Waals surface area (Å²) < 4.78 is 70.0. The number of aromatic nitrogens is 2. The van der Waals surface area contributed by atoms with Crippen LogP contribution >= 0.6 is 0 Å². The van der Waals surface area contributed by atoms with Crippen LogP contribution in [-0.2, 0) is 23.9 Å². The summed E-state index contributed by atoms with van der Waals surface area (Å²) in [6, 6.07) is 3.28. The van der Waals surface area contributed by atoms with Crippen LogP contribution in [0.25, 0.3) is 0 Å². The number of piperazine rings is 1. The zero-order chi connectivity index (χ0) is 29.6. The molecule has 9 nitrogen and oxygen atoms in total. The molecule has 13 heteroatoms. The predicted octanol–water partition coefficient (Wildman–Crippen LogP) is 4.04. The molecule has 3 N–H and O–H groups in total. The van der Waals surface area contributed by atoms with Gasteiger partial charge in [-0.2, -0.15) is 28.4 Å². The van der Waals surface area contributed by atoms with Gasteiger partial charge in [0.2, 0.25) is 0 Å². The Labute approximate surface area is 242 Å². The molecular formula is C29H35F4N7O2. The molecule has 226 valence electrons. The molecule has 0 saturated carbocycles. The highest BCUT2D eigenvalue weighted by Gasteiger charge is 2.45. The number of nitrogen functional groups attached to an aromatic ring is 1. The monoisotopic (exact) mass is 589 g/mol. The van der Waals surface area contributed by atoms with Crippen LogP contribution in [0.5, 0.6) is 6.01 Å². The van der Waals surface area contributed by atoms with Crippen LogP contribution in [-0.4, -0.2) is 65.8 Å². The zero-order valence-corrected chi connectivity index (χ0v) is 23.6. The first-order chi connectivity index (χ1) is 20.1. The van der Waals surface area contributed by atoms with Gasteiger partial charge in [0, 0.05) is 43.2 Å². The van der Waals surface area contributed by atoms with E-state index in [1.54, 1.807) is 0 Å². The summed E-state index contributed by atoms with van der Waals surface area (Å²) in [5.74, 6) is -0.555. The second-order valence-electron chi connectivity index (χ2n) is 11.8. The van der Waals surface area contributed by atoms with Gasteiger partial charge < -0.3 is 25.4 Å². The topological polar surface area (TPSA) is 113 Å². The number of nitrogens with one attached hydrogen (secondary N) is 1. The maximum absolute atomic E-state index is 15.3. The third-order valence-electron chi connectivity index (χ3n) is 9.16. The third-order valence-corrected chi connectivity index (χ3v) is 9.16. The van der Waals surface area contributed by atoms with Gasteiger partial charge in [0.15, 0.2) is 5.82 Å². The first-order valence-corrected chi connectivity index (χ1v) is 14.5. The van der Waals surface area contributed by atoms with Gasteiger partial charge in [0.25, 0.3) is 0 Å². The Kier molecular flexibility index (Phi) is 7.66. The molecule has 42 heavy (non-hydrogen) atoms. The van der Waals surface area contributed by atoms with Gasteiger partial charge in [-0.05, 0) is 57.3 Å². The second-order valence-corrected chi connectivity index (χ2v) is 11.8. The molecule has 4 aliphatic heterocycles. The van der Waals surface area contributed by atoms with Crippen molar-refractivity contribution in [1.82, 2.24) is 20.2 Å². The number of rotatable bonds is 6. The van der Waals surface area contributed by atoms with Gasteiger partial charge in [-0.25, -0.2) is 4.39 Å². The second kappa shape index (κ2) is 11.1. The van der Waals surface area contributed by atoms with Gasteiger partial charge >= 0.3 is 12.2 Å². The number of benzene rings is 1. The number of fused-ring (bicyclic) bond motifs is 2. The molecule has 1 aromatic heterocycles. The number of hydrogen-bond acceptors (Lipinski definition) is 9. The van der Waals surface area contributed by atoms with E-state index >= 15 is 4.39 Å². The van der Waals surface area contributed by atoms with Crippen molar-refractivity contribution >= 4 is 11.5 Å². The van der Waals surface area contributed by atoms with Crippen molar-refractivity contribution in [2.45, 2.75) is 75.9 Å². The van der Waals surface area contributed by atoms with Crippen molar-refractivity contribution in [2.75, 3.05) is 50.0 Å². The van der Waals surface area contributed by atoms with Crippen molar-refractivity contribution in [1.29, 1.82) is 5.26 Å². The van der Waals surface area contributed by atoms with E-state index in [2.05, 4.69) is 21.3 Å². The van der Waals surface area contributed by atoms with E-state index in [9.17, 15) is 18.4 Å². The summed E-state index contributed by atoms with van der Waals surface area (Å²) in [7, 11) is 0. The van der Waals surface area contributed by atoms with Gasteiger partial charge in [0.1, 0.15) is 12.4 Å². The van der Waals surface area contributed by atoms with E-state index < -0.39 is 29.2 Å². The molecule has 0 amide bonds. The predicted molar refractivity (Wildman–Crippen MR) is 146 cm³/mol. The summed E-state index contributed by atoms with van der Waals surface area (Å²) >= 11 is 0. The van der Waals surface area contributed by atoms with E-state index in [1.165, 1.54) is 6.92 Å². The highest BCUT2D eigenvalue weighted by Crippen LogP contribution is 2.45. The van der Waals surface area contributed by atoms with Crippen LogP contribution < -0.4 is 20.7 Å². The average molecular weight is 590 g/mol. The molecule has 1 unspecified atom stereocenters. The molecular weight excluding hydrogens is 554 g/mol. The number of nitrogens with zero attached hydrogens (tertiary/aromatic N) is 5. The average Bonchev–Trinajstić information content (AvgIpc) is 3.53. The molecule has 4 aliphatic rings. The lowest BCUT2D eigenvalue weighted by Gasteiger charge is -2.37. The van der Waals surface area contributed by atoms with Gasteiger partial charge in [-0.15, -0.1) is 0 Å². The van der Waals surface area contributed by atoms with Crippen LogP contribution in [0.3, 0.4) is 0 Å². The van der Waals surface area contributed by atoms with Crippen molar-refractivity contribution in [3.8, 4) is 12.1 Å². The summed E-state index contributed by atoms with van der Waals surface area (Å²) in [5.41, 5.74) is 4.61. The Balaban J connectivity index is 1.37. The fourth-order valence-electron chi connectivity index (χ4n) is 7.19. The Hall–Kier alpha value is -3.21. The van der Waals surface area contributed by atoms with Gasteiger partial charge in [-0.1, -0.05) is 0 Å². The maximum Gasteiger partial charge on any atom is 0.417 e. The highest BCUT2D eigenvalue weighted by molar-refractivity contribution is 5.55. The number of aryl methyl sites for hydroxylation is 1. The Morgan fingerprint density at radius 3 is 2.71 bits per heavy atom. The molecule has 0 spiro atoms. The van der Waals surface area contributed by atoms with Crippen LogP contribution in [0.15, 0.2) is 6.07 Å². The number of nitriles is 1. The number of anilines is 2. The lowest BCUT2D eigenvalue weighted by molar-refractivity contribution is -0.140. The molecule has 5 heterocycles. The van der Waals surface area contributed by atoms with E-state index in [0.717, 1.165) is 44.8 Å². The number of ether oxygens (including phenoxy) is 2. The highest BCUT2D eigenvalue weighted by atomic mass is 19.4. The van der Waals surface area contributed by atoms with E-state index in [-0.39, 0.29) is 41.9 Å². The number of alkyl halides is 3. The molecule has 3 fully saturated rings. The SMILES string of the molecule is Cc1cc(N)c(F)c(C2Cc3nc(OCC45CCCN4CCC5)nc(N4CCN[C@@H](CC#N)C4)c3CO2)c1C(F)(F)F. The number of nitrogens with two attached hydrogens (primary N) is 1. The Morgan fingerprint density at radius 2 is 2.00 bits per heavy atom. The minimum Gasteiger partial charge on any atom is -0.461 e. The molecule has 2 aromatic rings. The molecule has 0 radical (unpaired) electrons. The largest absolute Gasteiger partial charge is 0.461 e. The fraction of sp³-hybridized carbons (Fsp3) is 0.621. The Morgan fingerprint density at radius 1 is 1.24 bits per heavy atom. The Bertz CT molecular complexity index is 1390. The quantitative estimate of drug-likeness (QED) is 0.381. The first-order valence-electron chi connectivity index (χ1n) is 14.5. The molecule has 2 atom stereocenters. The maximum atomic E-state index is 15.3. The van der Waals surface area contributed by atoms with E-state index in [0.29, 0.717) is 49.7 Å². The molecule has 3 saturated heterocycles. The van der Waals surface area contributed by atoms with Crippen LogP contribution in [0.1, 0.15) is 66.2 Å². The molecule has 6 rings (SSSR count). The lowest BCUT2D eigenvalue weighted by Crippen LogP contribution is -2.51. The zero-order valence-electron chi connectivity index (χ0n) is 23.6. The minimum atomic E-state index is -4.80. The summed E-state index contributed by atoms with van der Waals surface area (Å²) in [6.07, 6.45) is -1.56. The van der Waals surface area contributed by atoms with Crippen molar-refractivity contribution in [2.24, 2.45) is 0 Å². The van der Waals surface area contributed by atoms with E-state index in [4.69, 9.17) is 20.2 Å². The molecule has 0 aliphatic carbocycles. The minimum absolute atomic E-state index is 0.0537.